The van der Waals surface area contributed by atoms with E-state index in [1.807, 2.05) is 12.1 Å². The van der Waals surface area contributed by atoms with Gasteiger partial charge in [0.05, 0.1) is 13.0 Å². The summed E-state index contributed by atoms with van der Waals surface area (Å²) in [6.45, 7) is 5.78. The van der Waals surface area contributed by atoms with E-state index in [1.165, 1.54) is 16.8 Å². The highest BCUT2D eigenvalue weighted by Gasteiger charge is 2.26. The number of carboxylic acid groups (broad SMARTS) is 1. The fraction of sp³-hybridized carbons (Fsp3) is 0.533. The highest BCUT2D eigenvalue weighted by Crippen LogP contribution is 2.32. The monoisotopic (exact) mass is 263 g/mol. The lowest BCUT2D eigenvalue weighted by Gasteiger charge is -2.34. The molecule has 1 aliphatic heterocycles. The van der Waals surface area contributed by atoms with Crippen molar-refractivity contribution in [3.63, 3.8) is 0 Å². The Hall–Kier alpha value is -1.71. The minimum Gasteiger partial charge on any atom is -0.497 e. The maximum atomic E-state index is 11.0. The Bertz CT molecular complexity index is 453. The SMILES string of the molecule is COc1cc(C)c(N2CCC(C(=O)O)CC2)c(C)c1. The zero-order chi connectivity index (χ0) is 14.0. The molecule has 2 rings (SSSR count). The molecule has 0 radical (unpaired) electrons. The highest BCUT2D eigenvalue weighted by molar-refractivity contribution is 5.71. The quantitative estimate of drug-likeness (QED) is 0.910. The molecule has 19 heavy (non-hydrogen) atoms. The predicted molar refractivity (Wildman–Crippen MR) is 75.0 cm³/mol. The number of benzene rings is 1. The van der Waals surface area contributed by atoms with Crippen LogP contribution in [0.4, 0.5) is 5.69 Å². The molecule has 1 saturated heterocycles. The second kappa shape index (κ2) is 5.51. The van der Waals surface area contributed by atoms with Crippen molar-refractivity contribution in [3.8, 4) is 5.75 Å². The third kappa shape index (κ3) is 2.83. The maximum absolute atomic E-state index is 11.0. The molecule has 0 atom stereocenters. The third-order valence-corrected chi connectivity index (χ3v) is 3.86. The summed E-state index contributed by atoms with van der Waals surface area (Å²) in [5.74, 6) is 0.0251. The molecule has 1 aromatic carbocycles. The molecule has 0 spiro atoms. The molecule has 1 heterocycles. The minimum atomic E-state index is -0.664. The van der Waals surface area contributed by atoms with Crippen LogP contribution in [-0.4, -0.2) is 31.3 Å². The van der Waals surface area contributed by atoms with E-state index < -0.39 is 5.97 Å². The van der Waals surface area contributed by atoms with Gasteiger partial charge in [0.1, 0.15) is 5.75 Å². The van der Waals surface area contributed by atoms with Crippen LogP contribution in [0.5, 0.6) is 5.75 Å². The van der Waals surface area contributed by atoms with Gasteiger partial charge < -0.3 is 14.7 Å². The van der Waals surface area contributed by atoms with Crippen molar-refractivity contribution in [3.05, 3.63) is 23.3 Å². The molecule has 1 aromatic rings. The number of piperidine rings is 1. The van der Waals surface area contributed by atoms with Crippen LogP contribution in [0.25, 0.3) is 0 Å². The van der Waals surface area contributed by atoms with E-state index in [0.29, 0.717) is 0 Å². The van der Waals surface area contributed by atoms with E-state index in [4.69, 9.17) is 9.84 Å². The van der Waals surface area contributed by atoms with E-state index in [1.54, 1.807) is 7.11 Å². The first kappa shape index (κ1) is 13.7. The fourth-order valence-corrected chi connectivity index (χ4v) is 2.88. The Labute approximate surface area is 114 Å². The molecule has 0 aliphatic carbocycles. The summed E-state index contributed by atoms with van der Waals surface area (Å²) in [6, 6.07) is 4.07. The number of ether oxygens (including phenoxy) is 1. The fourth-order valence-electron chi connectivity index (χ4n) is 2.88. The van der Waals surface area contributed by atoms with Crippen molar-refractivity contribution in [2.75, 3.05) is 25.1 Å². The van der Waals surface area contributed by atoms with Gasteiger partial charge in [-0.1, -0.05) is 0 Å². The van der Waals surface area contributed by atoms with Gasteiger partial charge in [0.15, 0.2) is 0 Å². The summed E-state index contributed by atoms with van der Waals surface area (Å²) < 4.78 is 5.27. The summed E-state index contributed by atoms with van der Waals surface area (Å²) in [4.78, 5) is 13.3. The van der Waals surface area contributed by atoms with Crippen molar-refractivity contribution >= 4 is 11.7 Å². The largest absolute Gasteiger partial charge is 0.497 e. The van der Waals surface area contributed by atoms with E-state index in [2.05, 4.69) is 18.7 Å². The van der Waals surface area contributed by atoms with Crippen LogP contribution in [0.1, 0.15) is 24.0 Å². The summed E-state index contributed by atoms with van der Waals surface area (Å²) >= 11 is 0. The van der Waals surface area contributed by atoms with Gasteiger partial charge in [0, 0.05) is 18.8 Å². The average molecular weight is 263 g/mol. The van der Waals surface area contributed by atoms with Gasteiger partial charge in [-0.25, -0.2) is 0 Å². The Morgan fingerprint density at radius 3 is 2.21 bits per heavy atom. The summed E-state index contributed by atoms with van der Waals surface area (Å²) in [6.07, 6.45) is 1.44. The molecule has 1 N–H and O–H groups in total. The number of aliphatic carboxylic acids is 1. The van der Waals surface area contributed by atoms with E-state index in [9.17, 15) is 4.79 Å². The molecule has 0 aromatic heterocycles. The lowest BCUT2D eigenvalue weighted by Crippen LogP contribution is -2.37. The number of anilines is 1. The van der Waals surface area contributed by atoms with E-state index in [-0.39, 0.29) is 5.92 Å². The second-order valence-corrected chi connectivity index (χ2v) is 5.21. The van der Waals surface area contributed by atoms with Crippen molar-refractivity contribution in [2.24, 2.45) is 5.92 Å². The number of hydrogen-bond acceptors (Lipinski definition) is 3. The zero-order valence-corrected chi connectivity index (χ0v) is 11.8. The number of aryl methyl sites for hydroxylation is 2. The first-order valence-corrected chi connectivity index (χ1v) is 6.66. The van der Waals surface area contributed by atoms with E-state index >= 15 is 0 Å². The number of carboxylic acids is 1. The van der Waals surface area contributed by atoms with Crippen LogP contribution in [0.2, 0.25) is 0 Å². The standard InChI is InChI=1S/C15H21NO3/c1-10-8-13(19-3)9-11(2)14(10)16-6-4-12(5-7-16)15(17)18/h8-9,12H,4-7H2,1-3H3,(H,17,18). The smallest absolute Gasteiger partial charge is 0.306 e. The van der Waals surface area contributed by atoms with Gasteiger partial charge in [-0.2, -0.15) is 0 Å². The average Bonchev–Trinajstić information content (AvgIpc) is 2.38. The molecule has 104 valence electrons. The third-order valence-electron chi connectivity index (χ3n) is 3.86. The van der Waals surface area contributed by atoms with Crippen LogP contribution in [0, 0.1) is 19.8 Å². The van der Waals surface area contributed by atoms with Crippen molar-refractivity contribution in [1.82, 2.24) is 0 Å². The van der Waals surface area contributed by atoms with Crippen LogP contribution >= 0.6 is 0 Å². The van der Waals surface area contributed by atoms with Crippen molar-refractivity contribution < 1.29 is 14.6 Å². The molecule has 0 amide bonds. The molecule has 1 aliphatic rings. The molecule has 0 saturated carbocycles. The Morgan fingerprint density at radius 2 is 1.79 bits per heavy atom. The van der Waals surface area contributed by atoms with Gasteiger partial charge in [-0.15, -0.1) is 0 Å². The number of methoxy groups -OCH3 is 1. The molecule has 1 fully saturated rings. The first-order chi connectivity index (χ1) is 9.02. The molecule has 0 unspecified atom stereocenters. The predicted octanol–water partition coefficient (Wildman–Crippen LogP) is 2.61. The minimum absolute atomic E-state index is 0.185. The number of nitrogens with zero attached hydrogens (tertiary/aromatic N) is 1. The molecular weight excluding hydrogens is 242 g/mol. The summed E-state index contributed by atoms with van der Waals surface area (Å²) in [7, 11) is 1.67. The highest BCUT2D eigenvalue weighted by atomic mass is 16.5. The Kier molecular flexibility index (Phi) is 3.98. The lowest BCUT2D eigenvalue weighted by molar-refractivity contribution is -0.142. The summed E-state index contributed by atoms with van der Waals surface area (Å²) in [5, 5.41) is 9.04. The normalized spacial score (nSPS) is 16.5. The van der Waals surface area contributed by atoms with Crippen LogP contribution in [0.15, 0.2) is 12.1 Å². The van der Waals surface area contributed by atoms with Crippen LogP contribution in [-0.2, 0) is 4.79 Å². The molecule has 0 bridgehead atoms. The number of rotatable bonds is 3. The number of carbonyl (C=O) groups is 1. The van der Waals surface area contributed by atoms with E-state index in [0.717, 1.165) is 31.7 Å². The van der Waals surface area contributed by atoms with Crippen molar-refractivity contribution in [1.29, 1.82) is 0 Å². The van der Waals surface area contributed by atoms with Gasteiger partial charge in [-0.05, 0) is 49.9 Å². The maximum Gasteiger partial charge on any atom is 0.306 e. The molecule has 4 nitrogen and oxygen atoms in total. The van der Waals surface area contributed by atoms with Gasteiger partial charge in [0.25, 0.3) is 0 Å². The Balaban J connectivity index is 2.18. The van der Waals surface area contributed by atoms with Gasteiger partial charge in [0.2, 0.25) is 0 Å². The molecule has 4 heteroatoms. The second-order valence-electron chi connectivity index (χ2n) is 5.21. The summed E-state index contributed by atoms with van der Waals surface area (Å²) in [5.41, 5.74) is 3.60. The van der Waals surface area contributed by atoms with Crippen molar-refractivity contribution in [2.45, 2.75) is 26.7 Å². The zero-order valence-electron chi connectivity index (χ0n) is 11.8. The van der Waals surface area contributed by atoms with Crippen LogP contribution in [0.3, 0.4) is 0 Å². The number of hydrogen-bond donors (Lipinski definition) is 1. The molecular formula is C15H21NO3. The first-order valence-electron chi connectivity index (χ1n) is 6.66. The van der Waals surface area contributed by atoms with Gasteiger partial charge in [-0.3, -0.25) is 4.79 Å². The Morgan fingerprint density at radius 1 is 1.26 bits per heavy atom. The lowest BCUT2D eigenvalue weighted by atomic mass is 9.95. The topological polar surface area (TPSA) is 49.8 Å². The van der Waals surface area contributed by atoms with Crippen LogP contribution < -0.4 is 9.64 Å². The van der Waals surface area contributed by atoms with Gasteiger partial charge >= 0.3 is 5.97 Å².